The van der Waals surface area contributed by atoms with E-state index in [0.717, 1.165) is 5.56 Å². The molecule has 12 heteroatoms. The molecule has 4 rings (SSSR count). The number of carbonyl (C=O) groups excluding carboxylic acids is 1. The highest BCUT2D eigenvalue weighted by molar-refractivity contribution is 6.34. The highest BCUT2D eigenvalue weighted by atomic mass is 35.5. The number of hydrogen-bond donors (Lipinski definition) is 3. The summed E-state index contributed by atoms with van der Waals surface area (Å²) in [5.74, 6) is -4.28. The first-order valence-electron chi connectivity index (χ1n) is 11.9. The Labute approximate surface area is 217 Å². The van der Waals surface area contributed by atoms with Crippen LogP contribution in [0.15, 0.2) is 48.6 Å². The van der Waals surface area contributed by atoms with Crippen molar-refractivity contribution in [3.8, 4) is 0 Å². The first-order valence-corrected chi connectivity index (χ1v) is 12.3. The van der Waals surface area contributed by atoms with Crippen LogP contribution in [0.25, 0.3) is 0 Å². The van der Waals surface area contributed by atoms with Gasteiger partial charge in [-0.1, -0.05) is 48.0 Å². The van der Waals surface area contributed by atoms with Gasteiger partial charge in [-0.2, -0.15) is 13.9 Å². The number of aliphatic hydroxyl groups is 1. The fourth-order valence-electron chi connectivity index (χ4n) is 4.62. The molecular formula is C25H29ClF3N5O3. The number of anilines is 1. The highest BCUT2D eigenvalue weighted by Crippen LogP contribution is 2.39. The van der Waals surface area contributed by atoms with Gasteiger partial charge in [0.05, 0.1) is 18.7 Å². The van der Waals surface area contributed by atoms with E-state index >= 15 is 0 Å². The number of likely N-dealkylation sites (tertiary alicyclic amines) is 1. The molecule has 1 aromatic heterocycles. The number of allylic oxidation sites excluding steroid dienone is 4. The standard InChI is InChI=1S/C25H29ClF3N5O3/c1-37-12-11-33-13-19(16-7-9-17(27)10-8-16)20(14-33)30-24(36)31-23-21(26)22(25(28,29)15-35)32-34(23)18-5-3-2-4-6-18/h2-5,7-10,18-20,35H,6,11-15H2,1H3,(H2,30,31,36)/t18?,19-,20+/m0/s1. The second kappa shape index (κ2) is 11.7. The molecule has 1 aliphatic carbocycles. The van der Waals surface area contributed by atoms with Crippen molar-refractivity contribution in [3.63, 3.8) is 0 Å². The molecule has 1 fully saturated rings. The molecule has 0 bridgehead atoms. The lowest BCUT2D eigenvalue weighted by Crippen LogP contribution is -2.42. The third-order valence-corrected chi connectivity index (χ3v) is 6.88. The van der Waals surface area contributed by atoms with Crippen LogP contribution in [0.2, 0.25) is 5.02 Å². The topological polar surface area (TPSA) is 91.7 Å². The average molecular weight is 540 g/mol. The summed E-state index contributed by atoms with van der Waals surface area (Å²) in [6, 6.07) is 4.66. The monoisotopic (exact) mass is 539 g/mol. The van der Waals surface area contributed by atoms with E-state index < -0.39 is 35.3 Å². The maximum atomic E-state index is 14.4. The second-order valence-corrected chi connectivity index (χ2v) is 9.43. The van der Waals surface area contributed by atoms with E-state index in [9.17, 15) is 23.1 Å². The number of rotatable bonds is 9. The van der Waals surface area contributed by atoms with Gasteiger partial charge in [0.25, 0.3) is 0 Å². The van der Waals surface area contributed by atoms with E-state index in [1.54, 1.807) is 31.4 Å². The zero-order valence-corrected chi connectivity index (χ0v) is 21.0. The summed E-state index contributed by atoms with van der Waals surface area (Å²) >= 11 is 6.28. The molecular weight excluding hydrogens is 511 g/mol. The lowest BCUT2D eigenvalue weighted by molar-refractivity contribution is -0.0596. The molecule has 1 unspecified atom stereocenters. The van der Waals surface area contributed by atoms with Crippen LogP contribution in [0.5, 0.6) is 0 Å². The summed E-state index contributed by atoms with van der Waals surface area (Å²) in [5.41, 5.74) is 0.0458. The number of urea groups is 1. The summed E-state index contributed by atoms with van der Waals surface area (Å²) in [7, 11) is 1.61. The van der Waals surface area contributed by atoms with Crippen molar-refractivity contribution in [2.24, 2.45) is 0 Å². The lowest BCUT2D eigenvalue weighted by atomic mass is 9.94. The molecule has 3 atom stereocenters. The predicted octanol–water partition coefficient (Wildman–Crippen LogP) is 4.05. The van der Waals surface area contributed by atoms with Crippen LogP contribution in [0, 0.1) is 5.82 Å². The number of nitrogens with one attached hydrogen (secondary N) is 2. The molecule has 2 heterocycles. The van der Waals surface area contributed by atoms with Crippen LogP contribution in [-0.4, -0.2) is 71.8 Å². The van der Waals surface area contributed by atoms with Crippen molar-refractivity contribution in [3.05, 3.63) is 70.7 Å². The first kappa shape index (κ1) is 27.2. The number of carbonyl (C=O) groups is 1. The zero-order chi connectivity index (χ0) is 26.6. The smallest absolute Gasteiger partial charge is 0.320 e. The molecule has 2 aromatic rings. The van der Waals surface area contributed by atoms with E-state index in [1.165, 1.54) is 16.8 Å². The molecule has 200 valence electrons. The summed E-state index contributed by atoms with van der Waals surface area (Å²) in [6.07, 6.45) is 7.61. The van der Waals surface area contributed by atoms with Crippen molar-refractivity contribution in [1.29, 1.82) is 0 Å². The maximum absolute atomic E-state index is 14.4. The van der Waals surface area contributed by atoms with E-state index in [2.05, 4.69) is 20.6 Å². The van der Waals surface area contributed by atoms with Gasteiger partial charge in [-0.05, 0) is 24.1 Å². The number of alkyl halides is 2. The Balaban J connectivity index is 1.57. The fourth-order valence-corrected chi connectivity index (χ4v) is 4.93. The summed E-state index contributed by atoms with van der Waals surface area (Å²) < 4.78 is 48.7. The Morgan fingerprint density at radius 1 is 1.27 bits per heavy atom. The van der Waals surface area contributed by atoms with Crippen LogP contribution in [0.3, 0.4) is 0 Å². The number of halogens is 4. The quantitative estimate of drug-likeness (QED) is 0.447. The van der Waals surface area contributed by atoms with E-state index in [1.807, 2.05) is 12.2 Å². The van der Waals surface area contributed by atoms with Gasteiger partial charge in [-0.3, -0.25) is 10.2 Å². The minimum atomic E-state index is -3.69. The molecule has 2 amide bonds. The van der Waals surface area contributed by atoms with Gasteiger partial charge in [-0.25, -0.2) is 13.9 Å². The molecule has 1 aromatic carbocycles. The van der Waals surface area contributed by atoms with E-state index in [4.69, 9.17) is 16.3 Å². The third-order valence-electron chi connectivity index (χ3n) is 6.52. The normalized spacial score (nSPS) is 21.9. The molecule has 1 saturated heterocycles. The van der Waals surface area contributed by atoms with Gasteiger partial charge >= 0.3 is 12.0 Å². The molecule has 1 aliphatic heterocycles. The van der Waals surface area contributed by atoms with Crippen LogP contribution in [-0.2, 0) is 10.7 Å². The highest BCUT2D eigenvalue weighted by Gasteiger charge is 2.40. The molecule has 0 radical (unpaired) electrons. The molecule has 0 saturated carbocycles. The number of methoxy groups -OCH3 is 1. The number of aliphatic hydroxyl groups excluding tert-OH is 1. The average Bonchev–Trinajstić information content (AvgIpc) is 3.44. The van der Waals surface area contributed by atoms with Crippen molar-refractivity contribution in [2.45, 2.75) is 30.3 Å². The van der Waals surface area contributed by atoms with Gasteiger partial charge in [0, 0.05) is 32.7 Å². The molecule has 2 aliphatic rings. The molecule has 8 nitrogen and oxygen atoms in total. The van der Waals surface area contributed by atoms with Gasteiger partial charge in [0.2, 0.25) is 0 Å². The third kappa shape index (κ3) is 6.18. The van der Waals surface area contributed by atoms with Crippen molar-refractivity contribution < 1.29 is 27.8 Å². The summed E-state index contributed by atoms with van der Waals surface area (Å²) in [5, 5.41) is 18.2. The van der Waals surface area contributed by atoms with Gasteiger partial charge in [0.1, 0.15) is 17.4 Å². The number of hydrogen-bond acceptors (Lipinski definition) is 5. The van der Waals surface area contributed by atoms with Gasteiger partial charge in [-0.15, -0.1) is 0 Å². The van der Waals surface area contributed by atoms with Crippen molar-refractivity contribution >= 4 is 23.4 Å². The van der Waals surface area contributed by atoms with Crippen molar-refractivity contribution in [1.82, 2.24) is 20.0 Å². The summed E-state index contributed by atoms with van der Waals surface area (Å²) in [6.45, 7) is 0.803. The number of benzene rings is 1. The Hall–Kier alpha value is -2.86. The second-order valence-electron chi connectivity index (χ2n) is 9.05. The van der Waals surface area contributed by atoms with Gasteiger partial charge < -0.3 is 15.2 Å². The first-order chi connectivity index (χ1) is 17.7. The molecule has 0 spiro atoms. The maximum Gasteiger partial charge on any atom is 0.320 e. The predicted molar refractivity (Wildman–Crippen MR) is 134 cm³/mol. The van der Waals surface area contributed by atoms with E-state index in [-0.39, 0.29) is 23.6 Å². The fraction of sp³-hybridized carbons (Fsp3) is 0.440. The van der Waals surface area contributed by atoms with Crippen LogP contribution in [0.1, 0.15) is 29.6 Å². The minimum Gasteiger partial charge on any atom is -0.390 e. The Bertz CT molecular complexity index is 1160. The Morgan fingerprint density at radius 3 is 2.68 bits per heavy atom. The van der Waals surface area contributed by atoms with Crippen LogP contribution in [0.4, 0.5) is 23.8 Å². The molecule has 37 heavy (non-hydrogen) atoms. The van der Waals surface area contributed by atoms with Crippen LogP contribution >= 0.6 is 11.6 Å². The zero-order valence-electron chi connectivity index (χ0n) is 20.2. The minimum absolute atomic E-state index is 0.0974. The Kier molecular flexibility index (Phi) is 8.58. The number of aromatic nitrogens is 2. The van der Waals surface area contributed by atoms with Crippen LogP contribution < -0.4 is 10.6 Å². The van der Waals surface area contributed by atoms with Crippen molar-refractivity contribution in [2.75, 3.05) is 45.3 Å². The largest absolute Gasteiger partial charge is 0.390 e. The van der Waals surface area contributed by atoms with E-state index in [0.29, 0.717) is 32.7 Å². The lowest BCUT2D eigenvalue weighted by Gasteiger charge is -2.22. The molecule has 3 N–H and O–H groups in total. The Morgan fingerprint density at radius 2 is 2.03 bits per heavy atom. The SMILES string of the molecule is COCCN1C[C@@H](NC(=O)Nc2c(Cl)c(C(F)(F)CO)nn2C2C=CC=CC2)[C@H](c2ccc(F)cc2)C1. The number of ether oxygens (including phenoxy) is 1. The summed E-state index contributed by atoms with van der Waals surface area (Å²) in [4.78, 5) is 15.3. The van der Waals surface area contributed by atoms with Gasteiger partial charge in [0.15, 0.2) is 11.5 Å². The number of amides is 2. The number of nitrogens with zero attached hydrogens (tertiary/aromatic N) is 3.